The molecule has 1 aliphatic heterocycles. The van der Waals surface area contributed by atoms with Crippen molar-refractivity contribution in [3.8, 4) is 0 Å². The van der Waals surface area contributed by atoms with Crippen molar-refractivity contribution in [2.24, 2.45) is 5.73 Å². The highest BCUT2D eigenvalue weighted by molar-refractivity contribution is 5.99. The maximum Gasteiger partial charge on any atom is 0.177 e. The monoisotopic (exact) mass is 272 g/mol. The van der Waals surface area contributed by atoms with Crippen molar-refractivity contribution < 1.29 is 4.79 Å². The zero-order valence-electron chi connectivity index (χ0n) is 12.1. The van der Waals surface area contributed by atoms with Crippen LogP contribution >= 0.6 is 0 Å². The van der Waals surface area contributed by atoms with Gasteiger partial charge in [-0.2, -0.15) is 0 Å². The molecule has 0 bridgehead atoms. The molecule has 1 aromatic carbocycles. The zero-order valence-corrected chi connectivity index (χ0v) is 12.1. The summed E-state index contributed by atoms with van der Waals surface area (Å²) in [5.74, 6) is 0.896. The molecule has 3 nitrogen and oxygen atoms in total. The number of likely N-dealkylation sites (tertiary alicyclic amines) is 1. The van der Waals surface area contributed by atoms with Crippen molar-refractivity contribution in [1.29, 1.82) is 0 Å². The summed E-state index contributed by atoms with van der Waals surface area (Å²) in [5, 5.41) is 0. The lowest BCUT2D eigenvalue weighted by Crippen LogP contribution is -2.42. The number of carbonyl (C=O) groups is 1. The molecule has 0 radical (unpaired) electrons. The third-order valence-corrected chi connectivity index (χ3v) is 4.81. The summed E-state index contributed by atoms with van der Waals surface area (Å²) >= 11 is 0. The van der Waals surface area contributed by atoms with Gasteiger partial charge in [0, 0.05) is 24.7 Å². The van der Waals surface area contributed by atoms with Gasteiger partial charge in [-0.05, 0) is 37.2 Å². The second kappa shape index (κ2) is 6.06. The van der Waals surface area contributed by atoms with E-state index in [4.69, 9.17) is 5.73 Å². The first-order chi connectivity index (χ1) is 9.74. The average Bonchev–Trinajstić information content (AvgIpc) is 2.40. The number of nitrogens with zero attached hydrogens (tertiary/aromatic N) is 1. The van der Waals surface area contributed by atoms with Crippen molar-refractivity contribution in [2.45, 2.75) is 44.1 Å². The predicted molar refractivity (Wildman–Crippen MR) is 81.0 cm³/mol. The summed E-state index contributed by atoms with van der Waals surface area (Å²) in [6.45, 7) is 2.47. The van der Waals surface area contributed by atoms with Crippen LogP contribution in [0.2, 0.25) is 0 Å². The van der Waals surface area contributed by atoms with E-state index >= 15 is 0 Å². The van der Waals surface area contributed by atoms with Gasteiger partial charge in [-0.3, -0.25) is 9.69 Å². The number of hydrogen-bond donors (Lipinski definition) is 1. The van der Waals surface area contributed by atoms with Crippen molar-refractivity contribution >= 4 is 5.78 Å². The molecule has 0 atom stereocenters. The number of hydrogen-bond acceptors (Lipinski definition) is 3. The van der Waals surface area contributed by atoms with Gasteiger partial charge in [-0.25, -0.2) is 0 Å². The number of Topliss-reactive ketones (excluding diaryl/α,β-unsaturated/α-hetero) is 1. The SMILES string of the molecule is NC1CCN(CC(=O)c2ccccc2C2CCC2)CC1. The third kappa shape index (κ3) is 2.94. The van der Waals surface area contributed by atoms with E-state index in [0.29, 0.717) is 18.5 Å². The van der Waals surface area contributed by atoms with Gasteiger partial charge in [0.2, 0.25) is 0 Å². The fourth-order valence-electron chi connectivity index (χ4n) is 3.23. The van der Waals surface area contributed by atoms with Gasteiger partial charge in [-0.1, -0.05) is 30.7 Å². The number of carbonyl (C=O) groups excluding carboxylic acids is 1. The molecule has 3 heteroatoms. The van der Waals surface area contributed by atoms with Crippen LogP contribution in [0.4, 0.5) is 0 Å². The third-order valence-electron chi connectivity index (χ3n) is 4.81. The molecule has 1 aliphatic carbocycles. The van der Waals surface area contributed by atoms with Crippen LogP contribution in [0.3, 0.4) is 0 Å². The fourth-order valence-corrected chi connectivity index (χ4v) is 3.23. The van der Waals surface area contributed by atoms with Gasteiger partial charge >= 0.3 is 0 Å². The van der Waals surface area contributed by atoms with E-state index in [2.05, 4.69) is 17.0 Å². The summed E-state index contributed by atoms with van der Waals surface area (Å²) in [7, 11) is 0. The Kier molecular flexibility index (Phi) is 4.18. The van der Waals surface area contributed by atoms with Crippen LogP contribution in [-0.4, -0.2) is 36.4 Å². The summed E-state index contributed by atoms with van der Waals surface area (Å²) in [6.07, 6.45) is 5.80. The molecule has 1 saturated heterocycles. The second-order valence-corrected chi connectivity index (χ2v) is 6.25. The summed E-state index contributed by atoms with van der Waals surface area (Å²) < 4.78 is 0. The minimum atomic E-state index is 0.281. The maximum atomic E-state index is 12.6. The molecule has 2 fully saturated rings. The van der Waals surface area contributed by atoms with E-state index < -0.39 is 0 Å². The van der Waals surface area contributed by atoms with Crippen LogP contribution in [0.15, 0.2) is 24.3 Å². The van der Waals surface area contributed by atoms with Crippen LogP contribution in [0, 0.1) is 0 Å². The lowest BCUT2D eigenvalue weighted by Gasteiger charge is -2.31. The van der Waals surface area contributed by atoms with E-state index in [9.17, 15) is 4.79 Å². The molecule has 1 heterocycles. The lowest BCUT2D eigenvalue weighted by molar-refractivity contribution is 0.0908. The Morgan fingerprint density at radius 1 is 1.15 bits per heavy atom. The molecule has 0 unspecified atom stereocenters. The summed E-state index contributed by atoms with van der Waals surface area (Å²) in [4.78, 5) is 14.8. The molecule has 3 rings (SSSR count). The quantitative estimate of drug-likeness (QED) is 0.857. The van der Waals surface area contributed by atoms with Crippen LogP contribution in [-0.2, 0) is 0 Å². The predicted octanol–water partition coefficient (Wildman–Crippen LogP) is 2.56. The number of nitrogens with two attached hydrogens (primary N) is 1. The molecular weight excluding hydrogens is 248 g/mol. The first kappa shape index (κ1) is 13.8. The van der Waals surface area contributed by atoms with Gasteiger partial charge in [0.05, 0.1) is 6.54 Å². The number of piperidine rings is 1. The first-order valence-corrected chi connectivity index (χ1v) is 7.84. The van der Waals surface area contributed by atoms with Crippen LogP contribution < -0.4 is 5.73 Å². The van der Waals surface area contributed by atoms with Crippen LogP contribution in [0.5, 0.6) is 0 Å². The molecule has 1 aromatic rings. The largest absolute Gasteiger partial charge is 0.328 e. The Hall–Kier alpha value is -1.19. The summed E-state index contributed by atoms with van der Waals surface area (Å²) in [6, 6.07) is 8.52. The number of ketones is 1. The van der Waals surface area contributed by atoms with Gasteiger partial charge in [0.25, 0.3) is 0 Å². The van der Waals surface area contributed by atoms with Crippen LogP contribution in [0.1, 0.15) is 53.9 Å². The minimum Gasteiger partial charge on any atom is -0.328 e. The molecule has 0 aromatic heterocycles. The standard InChI is InChI=1S/C17H24N2O/c18-14-8-10-19(11-9-14)12-17(20)16-7-2-1-6-15(16)13-4-3-5-13/h1-2,6-7,13-14H,3-5,8-12,18H2. The second-order valence-electron chi connectivity index (χ2n) is 6.25. The average molecular weight is 272 g/mol. The number of rotatable bonds is 4. The Bertz CT molecular complexity index is 474. The van der Waals surface area contributed by atoms with E-state index in [1.807, 2.05) is 12.1 Å². The fraction of sp³-hybridized carbons (Fsp3) is 0.588. The van der Waals surface area contributed by atoms with E-state index in [-0.39, 0.29) is 5.78 Å². The van der Waals surface area contributed by atoms with E-state index in [1.165, 1.54) is 24.8 Å². The molecule has 1 saturated carbocycles. The highest BCUT2D eigenvalue weighted by Crippen LogP contribution is 2.38. The van der Waals surface area contributed by atoms with Gasteiger partial charge in [0.1, 0.15) is 0 Å². The Balaban J connectivity index is 1.67. The topological polar surface area (TPSA) is 46.3 Å². The molecule has 20 heavy (non-hydrogen) atoms. The van der Waals surface area contributed by atoms with Crippen molar-refractivity contribution in [3.05, 3.63) is 35.4 Å². The van der Waals surface area contributed by atoms with Gasteiger partial charge < -0.3 is 5.73 Å². The molecule has 108 valence electrons. The number of benzene rings is 1. The Morgan fingerprint density at radius 2 is 1.85 bits per heavy atom. The summed E-state index contributed by atoms with van der Waals surface area (Å²) in [5.41, 5.74) is 8.14. The maximum absolute atomic E-state index is 12.6. The van der Waals surface area contributed by atoms with Crippen LogP contribution in [0.25, 0.3) is 0 Å². The van der Waals surface area contributed by atoms with Gasteiger partial charge in [-0.15, -0.1) is 0 Å². The zero-order chi connectivity index (χ0) is 13.9. The minimum absolute atomic E-state index is 0.281. The smallest absolute Gasteiger partial charge is 0.177 e. The van der Waals surface area contributed by atoms with Crippen molar-refractivity contribution in [1.82, 2.24) is 4.90 Å². The molecular formula is C17H24N2O. The van der Waals surface area contributed by atoms with E-state index in [0.717, 1.165) is 31.5 Å². The molecule has 2 N–H and O–H groups in total. The molecule has 0 amide bonds. The Labute approximate surface area is 121 Å². The van der Waals surface area contributed by atoms with Gasteiger partial charge in [0.15, 0.2) is 5.78 Å². The lowest BCUT2D eigenvalue weighted by atomic mass is 9.77. The van der Waals surface area contributed by atoms with Crippen molar-refractivity contribution in [2.75, 3.05) is 19.6 Å². The highest BCUT2D eigenvalue weighted by Gasteiger charge is 2.25. The van der Waals surface area contributed by atoms with E-state index in [1.54, 1.807) is 0 Å². The molecule has 2 aliphatic rings. The first-order valence-electron chi connectivity index (χ1n) is 7.84. The van der Waals surface area contributed by atoms with Crippen molar-refractivity contribution in [3.63, 3.8) is 0 Å². The molecule has 0 spiro atoms. The normalized spacial score (nSPS) is 21.6. The highest BCUT2D eigenvalue weighted by atomic mass is 16.1. The Morgan fingerprint density at radius 3 is 2.50 bits per heavy atom.